The molecule has 0 aliphatic carbocycles. The molecular weight excluding hydrogens is 166 g/mol. The fraction of sp³-hybridized carbons (Fsp3) is 0.900. The van der Waals surface area contributed by atoms with Crippen molar-refractivity contribution in [3.63, 3.8) is 0 Å². The van der Waals surface area contributed by atoms with Crippen LogP contribution in [0, 0.1) is 0 Å². The highest BCUT2D eigenvalue weighted by Gasteiger charge is 2.28. The quantitative estimate of drug-likeness (QED) is 0.658. The molecule has 13 heavy (non-hydrogen) atoms. The van der Waals surface area contributed by atoms with E-state index in [1.807, 2.05) is 4.90 Å². The number of amides is 1. The molecule has 1 fully saturated rings. The molecule has 0 saturated carbocycles. The number of rotatable bonds is 5. The molecule has 1 rings (SSSR count). The van der Waals surface area contributed by atoms with Crippen LogP contribution in [0.15, 0.2) is 0 Å². The van der Waals surface area contributed by atoms with E-state index in [1.165, 1.54) is 0 Å². The summed E-state index contributed by atoms with van der Waals surface area (Å²) in [5.41, 5.74) is 0. The van der Waals surface area contributed by atoms with Gasteiger partial charge in [0.25, 0.3) is 0 Å². The van der Waals surface area contributed by atoms with E-state index >= 15 is 0 Å². The first-order valence-corrected chi connectivity index (χ1v) is 5.23. The summed E-state index contributed by atoms with van der Waals surface area (Å²) in [5.74, 6) is 0. The second-order valence-electron chi connectivity index (χ2n) is 3.54. The van der Waals surface area contributed by atoms with Crippen molar-refractivity contribution in [2.75, 3.05) is 13.2 Å². The Morgan fingerprint density at radius 2 is 2.00 bits per heavy atom. The summed E-state index contributed by atoms with van der Waals surface area (Å²) in [6.07, 6.45) is 4.35. The van der Waals surface area contributed by atoms with E-state index < -0.39 is 0 Å². The normalized spacial score (nSPS) is 16.8. The minimum absolute atomic E-state index is 0.119. The molecule has 0 unspecified atom stereocenters. The zero-order valence-electron chi connectivity index (χ0n) is 8.58. The number of nitrogens with zero attached hydrogens (tertiary/aromatic N) is 1. The van der Waals surface area contributed by atoms with Crippen LogP contribution in [0.2, 0.25) is 0 Å². The average Bonchev–Trinajstić information content (AvgIpc) is 2.51. The molecule has 1 amide bonds. The first-order chi connectivity index (χ1) is 6.29. The van der Waals surface area contributed by atoms with Crippen LogP contribution in [0.3, 0.4) is 0 Å². The molecule has 0 aromatic carbocycles. The van der Waals surface area contributed by atoms with Crippen LogP contribution >= 0.6 is 0 Å². The smallest absolute Gasteiger partial charge is 0.410 e. The first kappa shape index (κ1) is 10.4. The molecule has 3 nitrogen and oxygen atoms in total. The summed E-state index contributed by atoms with van der Waals surface area (Å²) < 4.78 is 4.93. The monoisotopic (exact) mass is 185 g/mol. The zero-order chi connectivity index (χ0) is 9.68. The lowest BCUT2D eigenvalue weighted by atomic mass is 10.1. The molecule has 0 aromatic rings. The van der Waals surface area contributed by atoms with E-state index in [0.717, 1.165) is 32.2 Å². The van der Waals surface area contributed by atoms with E-state index in [9.17, 15) is 4.79 Å². The maximum absolute atomic E-state index is 11.3. The van der Waals surface area contributed by atoms with Crippen LogP contribution in [0.25, 0.3) is 0 Å². The number of ether oxygens (including phenoxy) is 1. The van der Waals surface area contributed by atoms with E-state index in [4.69, 9.17) is 4.74 Å². The van der Waals surface area contributed by atoms with Gasteiger partial charge in [0, 0.05) is 6.04 Å². The molecule has 1 saturated heterocycles. The Hall–Kier alpha value is -0.730. The first-order valence-electron chi connectivity index (χ1n) is 5.23. The minimum Gasteiger partial charge on any atom is -0.448 e. The number of cyclic esters (lactones) is 1. The largest absolute Gasteiger partial charge is 0.448 e. The van der Waals surface area contributed by atoms with Crippen molar-refractivity contribution in [3.05, 3.63) is 0 Å². The molecule has 1 aliphatic rings. The zero-order valence-corrected chi connectivity index (χ0v) is 8.58. The van der Waals surface area contributed by atoms with Crippen LogP contribution in [-0.2, 0) is 4.74 Å². The SMILES string of the molecule is CCCC(CCC)N1CCOC1=O. The topological polar surface area (TPSA) is 29.5 Å². The maximum Gasteiger partial charge on any atom is 0.410 e. The Kier molecular flexibility index (Phi) is 4.06. The van der Waals surface area contributed by atoms with Crippen LogP contribution in [0.5, 0.6) is 0 Å². The third-order valence-electron chi connectivity index (χ3n) is 2.48. The lowest BCUT2D eigenvalue weighted by molar-refractivity contribution is 0.143. The Morgan fingerprint density at radius 3 is 2.38 bits per heavy atom. The fourth-order valence-corrected chi connectivity index (χ4v) is 1.86. The average molecular weight is 185 g/mol. The van der Waals surface area contributed by atoms with Crippen molar-refractivity contribution >= 4 is 6.09 Å². The van der Waals surface area contributed by atoms with Gasteiger partial charge in [-0.15, -0.1) is 0 Å². The van der Waals surface area contributed by atoms with Crippen molar-refractivity contribution in [2.45, 2.75) is 45.6 Å². The number of hydrogen-bond donors (Lipinski definition) is 0. The summed E-state index contributed by atoms with van der Waals surface area (Å²) in [7, 11) is 0. The van der Waals surface area contributed by atoms with Gasteiger partial charge < -0.3 is 9.64 Å². The van der Waals surface area contributed by atoms with Crippen molar-refractivity contribution in [3.8, 4) is 0 Å². The van der Waals surface area contributed by atoms with E-state index in [2.05, 4.69) is 13.8 Å². The molecular formula is C10H19NO2. The second kappa shape index (κ2) is 5.10. The van der Waals surface area contributed by atoms with E-state index in [1.54, 1.807) is 0 Å². The van der Waals surface area contributed by atoms with Gasteiger partial charge >= 0.3 is 6.09 Å². The molecule has 76 valence electrons. The van der Waals surface area contributed by atoms with Gasteiger partial charge in [-0.3, -0.25) is 0 Å². The fourth-order valence-electron chi connectivity index (χ4n) is 1.86. The molecule has 1 heterocycles. The molecule has 0 spiro atoms. The third kappa shape index (κ3) is 2.61. The molecule has 0 N–H and O–H groups in total. The second-order valence-corrected chi connectivity index (χ2v) is 3.54. The molecule has 1 aliphatic heterocycles. The van der Waals surface area contributed by atoms with Crippen molar-refractivity contribution in [1.82, 2.24) is 4.90 Å². The number of hydrogen-bond acceptors (Lipinski definition) is 2. The van der Waals surface area contributed by atoms with Gasteiger partial charge in [0.1, 0.15) is 6.61 Å². The molecule has 0 atom stereocenters. The van der Waals surface area contributed by atoms with Gasteiger partial charge in [-0.25, -0.2) is 4.79 Å². The Morgan fingerprint density at radius 1 is 1.38 bits per heavy atom. The highest BCUT2D eigenvalue weighted by Crippen LogP contribution is 2.17. The highest BCUT2D eigenvalue weighted by atomic mass is 16.6. The summed E-state index contributed by atoms with van der Waals surface area (Å²) >= 11 is 0. The molecule has 3 heteroatoms. The van der Waals surface area contributed by atoms with Gasteiger partial charge in [0.15, 0.2) is 0 Å². The Labute approximate surface area is 80.1 Å². The maximum atomic E-state index is 11.3. The van der Waals surface area contributed by atoms with Crippen LogP contribution in [-0.4, -0.2) is 30.2 Å². The lowest BCUT2D eigenvalue weighted by Gasteiger charge is -2.24. The molecule has 0 radical (unpaired) electrons. The van der Waals surface area contributed by atoms with Gasteiger partial charge in [0.05, 0.1) is 6.54 Å². The summed E-state index contributed by atoms with van der Waals surface area (Å²) in [5, 5.41) is 0. The molecule has 0 bridgehead atoms. The minimum atomic E-state index is -0.119. The van der Waals surface area contributed by atoms with Crippen LogP contribution in [0.4, 0.5) is 4.79 Å². The van der Waals surface area contributed by atoms with Crippen molar-refractivity contribution < 1.29 is 9.53 Å². The van der Waals surface area contributed by atoms with Gasteiger partial charge in [-0.2, -0.15) is 0 Å². The number of carbonyl (C=O) groups is 1. The summed E-state index contributed by atoms with van der Waals surface area (Å²) in [6, 6.07) is 0.407. The Bertz CT molecular complexity index is 164. The van der Waals surface area contributed by atoms with Crippen LogP contribution < -0.4 is 0 Å². The number of carbonyl (C=O) groups excluding carboxylic acids is 1. The van der Waals surface area contributed by atoms with Gasteiger partial charge in [-0.05, 0) is 12.8 Å². The van der Waals surface area contributed by atoms with Crippen LogP contribution in [0.1, 0.15) is 39.5 Å². The summed E-state index contributed by atoms with van der Waals surface area (Å²) in [4.78, 5) is 13.2. The van der Waals surface area contributed by atoms with Crippen molar-refractivity contribution in [1.29, 1.82) is 0 Å². The van der Waals surface area contributed by atoms with Gasteiger partial charge in [-0.1, -0.05) is 26.7 Å². The van der Waals surface area contributed by atoms with Gasteiger partial charge in [0.2, 0.25) is 0 Å². The Balaban J connectivity index is 2.47. The van der Waals surface area contributed by atoms with Crippen molar-refractivity contribution in [2.24, 2.45) is 0 Å². The highest BCUT2D eigenvalue weighted by molar-refractivity contribution is 5.69. The van der Waals surface area contributed by atoms with E-state index in [-0.39, 0.29) is 6.09 Å². The van der Waals surface area contributed by atoms with E-state index in [0.29, 0.717) is 12.6 Å². The summed E-state index contributed by atoms with van der Waals surface area (Å²) in [6.45, 7) is 5.67. The molecule has 0 aromatic heterocycles. The predicted molar refractivity (Wildman–Crippen MR) is 51.7 cm³/mol. The third-order valence-corrected chi connectivity index (χ3v) is 2.48. The standard InChI is InChI=1S/C10H19NO2/c1-3-5-9(6-4-2)11-7-8-13-10(11)12/h9H,3-8H2,1-2H3. The predicted octanol–water partition coefficient (Wildman–Crippen LogP) is 2.41. The lowest BCUT2D eigenvalue weighted by Crippen LogP contribution is -2.35.